The van der Waals surface area contributed by atoms with Crippen LogP contribution < -0.4 is 5.32 Å². The molecule has 0 heterocycles. The van der Waals surface area contributed by atoms with E-state index in [1.807, 2.05) is 0 Å². The van der Waals surface area contributed by atoms with Crippen molar-refractivity contribution in [2.75, 3.05) is 13.1 Å². The summed E-state index contributed by atoms with van der Waals surface area (Å²) in [5.41, 5.74) is 0. The summed E-state index contributed by atoms with van der Waals surface area (Å²) in [6, 6.07) is 0. The second-order valence-corrected chi connectivity index (χ2v) is 8.04. The molecule has 0 aliphatic carbocycles. The fourth-order valence-electron chi connectivity index (χ4n) is 2.89. The van der Waals surface area contributed by atoms with E-state index in [0.29, 0.717) is 0 Å². The van der Waals surface area contributed by atoms with E-state index in [-0.39, 0.29) is 0 Å². The summed E-state index contributed by atoms with van der Waals surface area (Å²) in [7, 11) is -4.67. The van der Waals surface area contributed by atoms with Gasteiger partial charge in [-0.3, -0.25) is 9.11 Å². The highest BCUT2D eigenvalue weighted by Crippen LogP contribution is 2.09. The molecule has 0 aliphatic rings. The number of nitrogens with one attached hydrogen (secondary N) is 1. The third-order valence-corrected chi connectivity index (χ3v) is 4.41. The van der Waals surface area contributed by atoms with Gasteiger partial charge in [0.05, 0.1) is 0 Å². The first-order valence-electron chi connectivity index (χ1n) is 10.8. The van der Waals surface area contributed by atoms with Crippen LogP contribution in [0.15, 0.2) is 0 Å². The molecule has 0 aromatic heterocycles. The minimum absolute atomic E-state index is 1.24. The highest BCUT2D eigenvalue weighted by Gasteiger charge is 1.93. The maximum Gasteiger partial charge on any atom is 0.394 e. The number of rotatable bonds is 18. The monoisotopic (exact) mass is 395 g/mol. The molecule has 0 fully saturated rings. The molecule has 0 amide bonds. The van der Waals surface area contributed by atoms with Crippen LogP contribution in [0, 0.1) is 0 Å². The molecule has 160 valence electrons. The van der Waals surface area contributed by atoms with Gasteiger partial charge in [0.25, 0.3) is 0 Å². The van der Waals surface area contributed by atoms with Crippen LogP contribution in [-0.4, -0.2) is 30.6 Å². The van der Waals surface area contributed by atoms with Gasteiger partial charge < -0.3 is 5.32 Å². The largest absolute Gasteiger partial charge is 0.394 e. The van der Waals surface area contributed by atoms with Crippen molar-refractivity contribution in [3.05, 3.63) is 0 Å². The van der Waals surface area contributed by atoms with Crippen LogP contribution in [0.25, 0.3) is 0 Å². The van der Waals surface area contributed by atoms with Gasteiger partial charge in [-0.15, -0.1) is 0 Å². The van der Waals surface area contributed by atoms with E-state index in [4.69, 9.17) is 17.5 Å². The van der Waals surface area contributed by atoms with Crippen LogP contribution in [0.5, 0.6) is 0 Å². The first-order valence-corrected chi connectivity index (χ1v) is 12.2. The number of hydrogen-bond acceptors (Lipinski definition) is 3. The molecular weight excluding hydrogens is 350 g/mol. The molecule has 0 radical (unpaired) electrons. The van der Waals surface area contributed by atoms with Gasteiger partial charge >= 0.3 is 10.4 Å². The quantitative estimate of drug-likeness (QED) is 0.190. The predicted octanol–water partition coefficient (Wildman–Crippen LogP) is 6.20. The fraction of sp³-hybridized carbons (Fsp3) is 1.00. The van der Waals surface area contributed by atoms with Crippen LogP contribution in [0.3, 0.4) is 0 Å². The molecule has 0 unspecified atom stereocenters. The smallest absolute Gasteiger partial charge is 0.317 e. The van der Waals surface area contributed by atoms with E-state index in [2.05, 4.69) is 19.2 Å². The van der Waals surface area contributed by atoms with Crippen molar-refractivity contribution in [3.8, 4) is 0 Å². The van der Waals surface area contributed by atoms with Crippen molar-refractivity contribution in [1.29, 1.82) is 0 Å². The van der Waals surface area contributed by atoms with E-state index in [0.717, 1.165) is 0 Å². The van der Waals surface area contributed by atoms with Crippen LogP contribution >= 0.6 is 0 Å². The Bertz CT molecular complexity index is 322. The van der Waals surface area contributed by atoms with Crippen molar-refractivity contribution < 1.29 is 17.5 Å². The summed E-state index contributed by atoms with van der Waals surface area (Å²) >= 11 is 0. The molecule has 0 saturated heterocycles. The second kappa shape index (κ2) is 22.9. The molecule has 0 aromatic carbocycles. The summed E-state index contributed by atoms with van der Waals surface area (Å²) in [6.07, 6.45) is 22.8. The lowest BCUT2D eigenvalue weighted by Crippen LogP contribution is -2.16. The molecule has 0 spiro atoms. The second-order valence-electron chi connectivity index (χ2n) is 7.15. The molecule has 0 bridgehead atoms. The Kier molecular flexibility index (Phi) is 24.7. The Hall–Kier alpha value is -0.170. The van der Waals surface area contributed by atoms with Crippen molar-refractivity contribution in [2.24, 2.45) is 0 Å². The number of unbranched alkanes of at least 4 members (excludes halogenated alkanes) is 14. The summed E-state index contributed by atoms with van der Waals surface area (Å²) < 4.78 is 31.6. The minimum atomic E-state index is -4.67. The van der Waals surface area contributed by atoms with Gasteiger partial charge in [0, 0.05) is 0 Å². The van der Waals surface area contributed by atoms with E-state index >= 15 is 0 Å². The molecule has 26 heavy (non-hydrogen) atoms. The van der Waals surface area contributed by atoms with Crippen molar-refractivity contribution >= 4 is 10.4 Å². The SMILES string of the molecule is CCCCCCCCCCNCCCCCCCCCC.O=S(=O)(O)O. The minimum Gasteiger partial charge on any atom is -0.317 e. The van der Waals surface area contributed by atoms with Crippen LogP contribution in [0.4, 0.5) is 0 Å². The Balaban J connectivity index is 0. The van der Waals surface area contributed by atoms with Gasteiger partial charge in [0.2, 0.25) is 0 Å². The number of hydrogen-bond donors (Lipinski definition) is 3. The topological polar surface area (TPSA) is 86.6 Å². The van der Waals surface area contributed by atoms with E-state index in [9.17, 15) is 0 Å². The average Bonchev–Trinajstić information content (AvgIpc) is 2.56. The third-order valence-electron chi connectivity index (χ3n) is 4.41. The standard InChI is InChI=1S/C20H43N.H2O4S/c1-3-5-7-9-11-13-15-17-19-21-20-18-16-14-12-10-8-6-4-2;1-5(2,3)4/h21H,3-20H2,1-2H3;(H2,1,2,3,4). The molecule has 0 saturated carbocycles. The summed E-state index contributed by atoms with van der Waals surface area (Å²) in [6.45, 7) is 7.06. The molecule has 6 heteroatoms. The van der Waals surface area contributed by atoms with E-state index < -0.39 is 10.4 Å². The normalized spacial score (nSPS) is 11.2. The van der Waals surface area contributed by atoms with Crippen molar-refractivity contribution in [3.63, 3.8) is 0 Å². The van der Waals surface area contributed by atoms with Gasteiger partial charge in [-0.25, -0.2) is 0 Å². The predicted molar refractivity (Wildman–Crippen MR) is 112 cm³/mol. The fourth-order valence-corrected chi connectivity index (χ4v) is 2.89. The molecular formula is C20H45NO4S. The lowest BCUT2D eigenvalue weighted by Gasteiger charge is -2.05. The first kappa shape index (κ1) is 28.0. The Morgan fingerprint density at radius 3 is 1.04 bits per heavy atom. The zero-order chi connectivity index (χ0) is 19.9. The Morgan fingerprint density at radius 2 is 0.769 bits per heavy atom. The van der Waals surface area contributed by atoms with Crippen LogP contribution in [0.2, 0.25) is 0 Å². The van der Waals surface area contributed by atoms with Crippen LogP contribution in [-0.2, 0) is 10.4 Å². The summed E-state index contributed by atoms with van der Waals surface area (Å²) in [5, 5.41) is 3.61. The lowest BCUT2D eigenvalue weighted by molar-refractivity contribution is 0.381. The van der Waals surface area contributed by atoms with Gasteiger partial charge in [0.1, 0.15) is 0 Å². The van der Waals surface area contributed by atoms with Gasteiger partial charge in [-0.05, 0) is 25.9 Å². The Morgan fingerprint density at radius 1 is 0.538 bits per heavy atom. The molecule has 3 N–H and O–H groups in total. The molecule has 0 aliphatic heterocycles. The molecule has 0 aromatic rings. The lowest BCUT2D eigenvalue weighted by atomic mass is 10.1. The zero-order valence-corrected chi connectivity index (χ0v) is 18.2. The first-order chi connectivity index (χ1) is 12.4. The third kappa shape index (κ3) is 39.1. The maximum atomic E-state index is 8.74. The van der Waals surface area contributed by atoms with Crippen LogP contribution in [0.1, 0.15) is 117 Å². The van der Waals surface area contributed by atoms with Gasteiger partial charge in [0.15, 0.2) is 0 Å². The summed E-state index contributed by atoms with van der Waals surface area (Å²) in [5.74, 6) is 0. The van der Waals surface area contributed by atoms with Crippen molar-refractivity contribution in [2.45, 2.75) is 117 Å². The highest BCUT2D eigenvalue weighted by atomic mass is 32.3. The van der Waals surface area contributed by atoms with Gasteiger partial charge in [-0.2, -0.15) is 8.42 Å². The van der Waals surface area contributed by atoms with E-state index in [1.54, 1.807) is 0 Å². The average molecular weight is 396 g/mol. The molecule has 0 atom stereocenters. The highest BCUT2D eigenvalue weighted by molar-refractivity contribution is 7.79. The zero-order valence-electron chi connectivity index (χ0n) is 17.3. The summed E-state index contributed by atoms with van der Waals surface area (Å²) in [4.78, 5) is 0. The molecule has 5 nitrogen and oxygen atoms in total. The van der Waals surface area contributed by atoms with E-state index in [1.165, 1.54) is 116 Å². The van der Waals surface area contributed by atoms with Crippen molar-refractivity contribution in [1.82, 2.24) is 5.32 Å². The Labute approximate surface area is 163 Å². The van der Waals surface area contributed by atoms with Gasteiger partial charge in [-0.1, -0.05) is 104 Å². The maximum absolute atomic E-state index is 8.74. The molecule has 0 rings (SSSR count).